The van der Waals surface area contributed by atoms with Crippen molar-refractivity contribution in [3.63, 3.8) is 0 Å². The standard InChI is InChI=1S/C13H20N2O2/c1-9-8-15(2)11-7-10(12(16)5-6-14)3-4-13(11)17-9/h3-4,7,9,12,16H,5-6,8,14H2,1-2H3. The van der Waals surface area contributed by atoms with Crippen LogP contribution < -0.4 is 15.4 Å². The third-order valence-corrected chi connectivity index (χ3v) is 3.08. The Bertz CT molecular complexity index is 395. The molecule has 0 radical (unpaired) electrons. The van der Waals surface area contributed by atoms with Crippen LogP contribution in [0.5, 0.6) is 5.75 Å². The highest BCUT2D eigenvalue weighted by Crippen LogP contribution is 2.35. The average molecular weight is 236 g/mol. The molecular formula is C13H20N2O2. The molecule has 3 N–H and O–H groups in total. The second-order valence-electron chi connectivity index (χ2n) is 4.63. The van der Waals surface area contributed by atoms with Gasteiger partial charge in [0.15, 0.2) is 0 Å². The summed E-state index contributed by atoms with van der Waals surface area (Å²) < 4.78 is 5.75. The first-order valence-corrected chi connectivity index (χ1v) is 6.01. The van der Waals surface area contributed by atoms with Gasteiger partial charge >= 0.3 is 0 Å². The zero-order chi connectivity index (χ0) is 12.4. The van der Waals surface area contributed by atoms with E-state index in [1.807, 2.05) is 25.2 Å². The molecule has 0 aromatic heterocycles. The van der Waals surface area contributed by atoms with E-state index < -0.39 is 6.10 Å². The molecule has 0 saturated carbocycles. The largest absolute Gasteiger partial charge is 0.487 e. The van der Waals surface area contributed by atoms with Gasteiger partial charge in [-0.25, -0.2) is 0 Å². The van der Waals surface area contributed by atoms with E-state index in [4.69, 9.17) is 10.5 Å². The number of rotatable bonds is 3. The van der Waals surface area contributed by atoms with Crippen molar-refractivity contribution < 1.29 is 9.84 Å². The maximum absolute atomic E-state index is 9.92. The smallest absolute Gasteiger partial charge is 0.143 e. The molecule has 0 saturated heterocycles. The molecule has 0 fully saturated rings. The summed E-state index contributed by atoms with van der Waals surface area (Å²) in [7, 11) is 2.04. The van der Waals surface area contributed by atoms with Gasteiger partial charge in [-0.1, -0.05) is 6.07 Å². The van der Waals surface area contributed by atoms with E-state index in [0.717, 1.165) is 23.5 Å². The minimum absolute atomic E-state index is 0.201. The van der Waals surface area contributed by atoms with Gasteiger partial charge < -0.3 is 20.5 Å². The van der Waals surface area contributed by atoms with Crippen LogP contribution >= 0.6 is 0 Å². The summed E-state index contributed by atoms with van der Waals surface area (Å²) in [4.78, 5) is 2.15. The molecule has 0 bridgehead atoms. The van der Waals surface area contributed by atoms with E-state index in [0.29, 0.717) is 13.0 Å². The number of likely N-dealkylation sites (N-methyl/N-ethyl adjacent to an activating group) is 1. The lowest BCUT2D eigenvalue weighted by Crippen LogP contribution is -2.35. The van der Waals surface area contributed by atoms with Crippen LogP contribution in [0.1, 0.15) is 25.0 Å². The highest BCUT2D eigenvalue weighted by Gasteiger charge is 2.21. The molecule has 2 unspecified atom stereocenters. The molecule has 4 nitrogen and oxygen atoms in total. The van der Waals surface area contributed by atoms with Crippen molar-refractivity contribution in [3.05, 3.63) is 23.8 Å². The third kappa shape index (κ3) is 2.53. The van der Waals surface area contributed by atoms with Crippen molar-refractivity contribution in [1.29, 1.82) is 0 Å². The SMILES string of the molecule is CC1CN(C)c2cc(C(O)CCN)ccc2O1. The second kappa shape index (κ2) is 4.94. The number of ether oxygens (including phenoxy) is 1. The summed E-state index contributed by atoms with van der Waals surface area (Å²) in [5, 5.41) is 9.92. The fourth-order valence-electron chi connectivity index (χ4n) is 2.20. The zero-order valence-corrected chi connectivity index (χ0v) is 10.4. The number of aliphatic hydroxyl groups excluding tert-OH is 1. The first-order valence-electron chi connectivity index (χ1n) is 6.01. The van der Waals surface area contributed by atoms with E-state index in [1.165, 1.54) is 0 Å². The zero-order valence-electron chi connectivity index (χ0n) is 10.4. The number of anilines is 1. The van der Waals surface area contributed by atoms with Gasteiger partial charge in [-0.05, 0) is 37.6 Å². The van der Waals surface area contributed by atoms with E-state index in [-0.39, 0.29) is 6.10 Å². The second-order valence-corrected chi connectivity index (χ2v) is 4.63. The summed E-state index contributed by atoms with van der Waals surface area (Å²) in [5.41, 5.74) is 7.40. The van der Waals surface area contributed by atoms with Gasteiger partial charge in [0, 0.05) is 7.05 Å². The molecule has 0 amide bonds. The van der Waals surface area contributed by atoms with Crippen molar-refractivity contribution in [1.82, 2.24) is 0 Å². The lowest BCUT2D eigenvalue weighted by Gasteiger charge is -2.32. The van der Waals surface area contributed by atoms with Gasteiger partial charge in [0.2, 0.25) is 0 Å². The molecule has 1 aliphatic rings. The van der Waals surface area contributed by atoms with Crippen LogP contribution in [0.15, 0.2) is 18.2 Å². The molecule has 94 valence electrons. The van der Waals surface area contributed by atoms with Gasteiger partial charge in [0.05, 0.1) is 18.3 Å². The summed E-state index contributed by atoms with van der Waals surface area (Å²) in [6.07, 6.45) is 0.296. The number of nitrogens with two attached hydrogens (primary N) is 1. The Balaban J connectivity index is 2.27. The lowest BCUT2D eigenvalue weighted by atomic mass is 10.0. The van der Waals surface area contributed by atoms with Gasteiger partial charge in [0.25, 0.3) is 0 Å². The first-order chi connectivity index (χ1) is 8.11. The number of aliphatic hydroxyl groups is 1. The van der Waals surface area contributed by atoms with Crippen LogP contribution in [0, 0.1) is 0 Å². The number of fused-ring (bicyclic) bond motifs is 1. The minimum atomic E-state index is -0.488. The monoisotopic (exact) mass is 236 g/mol. The van der Waals surface area contributed by atoms with Crippen molar-refractivity contribution in [2.45, 2.75) is 25.6 Å². The molecular weight excluding hydrogens is 216 g/mol. The molecule has 1 aromatic carbocycles. The molecule has 4 heteroatoms. The Morgan fingerprint density at radius 2 is 2.35 bits per heavy atom. The maximum Gasteiger partial charge on any atom is 0.143 e. The fraction of sp³-hybridized carbons (Fsp3) is 0.538. The number of hydrogen-bond acceptors (Lipinski definition) is 4. The molecule has 0 spiro atoms. The van der Waals surface area contributed by atoms with Gasteiger partial charge in [-0.3, -0.25) is 0 Å². The Morgan fingerprint density at radius 3 is 3.06 bits per heavy atom. The Hall–Kier alpha value is -1.26. The average Bonchev–Trinajstić information content (AvgIpc) is 2.28. The van der Waals surface area contributed by atoms with Crippen LogP contribution in [0.4, 0.5) is 5.69 Å². The van der Waals surface area contributed by atoms with Crippen LogP contribution in [0.25, 0.3) is 0 Å². The van der Waals surface area contributed by atoms with Crippen LogP contribution in [-0.2, 0) is 0 Å². The molecule has 17 heavy (non-hydrogen) atoms. The molecule has 2 atom stereocenters. The predicted octanol–water partition coefficient (Wildman–Crippen LogP) is 1.29. The molecule has 1 aliphatic heterocycles. The highest BCUT2D eigenvalue weighted by molar-refractivity contribution is 5.61. The first kappa shape index (κ1) is 12.2. The van der Waals surface area contributed by atoms with Crippen molar-refractivity contribution in [2.75, 3.05) is 25.0 Å². The summed E-state index contributed by atoms with van der Waals surface area (Å²) >= 11 is 0. The quantitative estimate of drug-likeness (QED) is 0.830. The van der Waals surface area contributed by atoms with E-state index in [9.17, 15) is 5.11 Å². The lowest BCUT2D eigenvalue weighted by molar-refractivity contribution is 0.169. The number of benzene rings is 1. The van der Waals surface area contributed by atoms with Gasteiger partial charge in [-0.15, -0.1) is 0 Å². The Morgan fingerprint density at radius 1 is 1.59 bits per heavy atom. The highest BCUT2D eigenvalue weighted by atomic mass is 16.5. The van der Waals surface area contributed by atoms with Crippen LogP contribution in [-0.4, -0.2) is 31.3 Å². The van der Waals surface area contributed by atoms with E-state index in [2.05, 4.69) is 11.8 Å². The summed E-state index contributed by atoms with van der Waals surface area (Å²) in [6, 6.07) is 5.82. The van der Waals surface area contributed by atoms with Crippen LogP contribution in [0.2, 0.25) is 0 Å². The third-order valence-electron chi connectivity index (χ3n) is 3.08. The fourth-order valence-corrected chi connectivity index (χ4v) is 2.20. The van der Waals surface area contributed by atoms with E-state index in [1.54, 1.807) is 0 Å². The van der Waals surface area contributed by atoms with E-state index >= 15 is 0 Å². The topological polar surface area (TPSA) is 58.7 Å². The molecule has 2 rings (SSSR count). The van der Waals surface area contributed by atoms with Crippen molar-refractivity contribution in [3.8, 4) is 5.75 Å². The molecule has 1 heterocycles. The molecule has 1 aromatic rings. The van der Waals surface area contributed by atoms with Crippen LogP contribution in [0.3, 0.4) is 0 Å². The summed E-state index contributed by atoms with van der Waals surface area (Å²) in [6.45, 7) is 3.40. The number of hydrogen-bond donors (Lipinski definition) is 2. The number of nitrogens with zero attached hydrogens (tertiary/aromatic N) is 1. The van der Waals surface area contributed by atoms with Gasteiger partial charge in [0.1, 0.15) is 11.9 Å². The Labute approximate surface area is 102 Å². The maximum atomic E-state index is 9.92. The molecule has 0 aliphatic carbocycles. The van der Waals surface area contributed by atoms with Gasteiger partial charge in [-0.2, -0.15) is 0 Å². The summed E-state index contributed by atoms with van der Waals surface area (Å²) in [5.74, 6) is 0.884. The predicted molar refractivity (Wildman–Crippen MR) is 68.4 cm³/mol. The van der Waals surface area contributed by atoms with Crippen molar-refractivity contribution in [2.24, 2.45) is 5.73 Å². The Kier molecular flexibility index (Phi) is 3.54. The normalized spacial score (nSPS) is 20.7. The minimum Gasteiger partial charge on any atom is -0.487 e. The van der Waals surface area contributed by atoms with Crippen molar-refractivity contribution >= 4 is 5.69 Å².